The molecule has 0 saturated heterocycles. The normalized spacial score (nSPS) is 15.4. The lowest BCUT2D eigenvalue weighted by Gasteiger charge is -2.26. The molecule has 34 heavy (non-hydrogen) atoms. The number of hydrogen-bond donors (Lipinski definition) is 7. The molecule has 0 aromatic carbocycles. The van der Waals surface area contributed by atoms with Gasteiger partial charge in [0.1, 0.15) is 18.1 Å². The van der Waals surface area contributed by atoms with Gasteiger partial charge in [-0.2, -0.15) is 0 Å². The first-order valence-corrected chi connectivity index (χ1v) is 11.1. The molecule has 0 aliphatic carbocycles. The summed E-state index contributed by atoms with van der Waals surface area (Å²) in [5.74, 6) is -6.24. The maximum absolute atomic E-state index is 12.9. The monoisotopic (exact) mass is 487 g/mol. The Kier molecular flexibility index (Phi) is 13.4. The van der Waals surface area contributed by atoms with Crippen LogP contribution in [0.5, 0.6) is 0 Å². The molecule has 0 fully saturated rings. The molecule has 0 aliphatic rings. The number of aliphatic carboxylic acids is 2. The Hall–Kier alpha value is -3.22. The summed E-state index contributed by atoms with van der Waals surface area (Å²) in [6, 6.07) is -5.02. The molecule has 5 unspecified atom stereocenters. The predicted molar refractivity (Wildman–Crippen MR) is 121 cm³/mol. The number of primary amides is 1. The first-order valence-electron chi connectivity index (χ1n) is 11.1. The highest BCUT2D eigenvalue weighted by molar-refractivity contribution is 5.95. The van der Waals surface area contributed by atoms with E-state index in [4.69, 9.17) is 16.6 Å². The van der Waals surface area contributed by atoms with Crippen molar-refractivity contribution in [2.75, 3.05) is 0 Å². The van der Waals surface area contributed by atoms with Crippen molar-refractivity contribution in [3.05, 3.63) is 0 Å². The highest BCUT2D eigenvalue weighted by Gasteiger charge is 2.32. The van der Waals surface area contributed by atoms with Crippen molar-refractivity contribution in [1.82, 2.24) is 16.0 Å². The van der Waals surface area contributed by atoms with E-state index in [1.54, 1.807) is 6.92 Å². The van der Waals surface area contributed by atoms with Crippen LogP contribution in [0.1, 0.15) is 59.8 Å². The number of rotatable bonds is 16. The molecule has 9 N–H and O–H groups in total. The Morgan fingerprint density at radius 3 is 1.76 bits per heavy atom. The van der Waals surface area contributed by atoms with Crippen molar-refractivity contribution in [1.29, 1.82) is 0 Å². The molecular weight excluding hydrogens is 450 g/mol. The highest BCUT2D eigenvalue weighted by atomic mass is 16.4. The molecule has 0 radical (unpaired) electrons. The van der Waals surface area contributed by atoms with E-state index in [1.807, 2.05) is 20.8 Å². The van der Waals surface area contributed by atoms with Gasteiger partial charge in [0.25, 0.3) is 0 Å². The van der Waals surface area contributed by atoms with Gasteiger partial charge in [-0.25, -0.2) is 4.79 Å². The SMILES string of the molecule is CCC(C)C(N)C(=O)NC(CC(C)C)C(=O)NC(CCC(=O)O)C(=O)NC(CC(N)=O)C(=O)O. The van der Waals surface area contributed by atoms with E-state index in [1.165, 1.54) is 0 Å². The van der Waals surface area contributed by atoms with Gasteiger partial charge < -0.3 is 37.6 Å². The summed E-state index contributed by atoms with van der Waals surface area (Å²) < 4.78 is 0. The third-order valence-corrected chi connectivity index (χ3v) is 5.20. The van der Waals surface area contributed by atoms with Crippen LogP contribution < -0.4 is 27.4 Å². The third kappa shape index (κ3) is 11.6. The quantitative estimate of drug-likeness (QED) is 0.137. The molecule has 13 heteroatoms. The highest BCUT2D eigenvalue weighted by Crippen LogP contribution is 2.10. The number of amides is 4. The molecule has 0 bridgehead atoms. The van der Waals surface area contributed by atoms with E-state index < -0.39 is 72.6 Å². The zero-order valence-corrected chi connectivity index (χ0v) is 20.0. The first-order chi connectivity index (χ1) is 15.7. The standard InChI is InChI=1S/C21H37N5O8/c1-5-11(4)17(23)20(32)25-13(8-10(2)3)19(31)24-12(6-7-16(28)29)18(30)26-14(21(33)34)9-15(22)27/h10-14,17H,5-9,23H2,1-4H3,(H2,22,27)(H,24,31)(H,25,32)(H,26,30)(H,28,29)(H,33,34). The number of hydrogen-bond acceptors (Lipinski definition) is 7. The molecule has 0 saturated carbocycles. The van der Waals surface area contributed by atoms with Gasteiger partial charge in [0.05, 0.1) is 12.5 Å². The van der Waals surface area contributed by atoms with Crippen molar-refractivity contribution in [2.45, 2.75) is 84.0 Å². The van der Waals surface area contributed by atoms with Gasteiger partial charge in [-0.05, 0) is 24.7 Å². The molecule has 0 spiro atoms. The van der Waals surface area contributed by atoms with Gasteiger partial charge in [-0.1, -0.05) is 34.1 Å². The fourth-order valence-corrected chi connectivity index (χ4v) is 2.97. The second kappa shape index (κ2) is 14.8. The maximum Gasteiger partial charge on any atom is 0.326 e. The van der Waals surface area contributed by atoms with Crippen molar-refractivity contribution in [3.8, 4) is 0 Å². The molecule has 194 valence electrons. The van der Waals surface area contributed by atoms with Gasteiger partial charge >= 0.3 is 11.9 Å². The van der Waals surface area contributed by atoms with Gasteiger partial charge in [0, 0.05) is 6.42 Å². The predicted octanol–water partition coefficient (Wildman–Crippen LogP) is -1.31. The fraction of sp³-hybridized carbons (Fsp3) is 0.714. The second-order valence-electron chi connectivity index (χ2n) is 8.67. The number of carboxylic acids is 2. The first kappa shape index (κ1) is 30.8. The molecule has 0 aliphatic heterocycles. The van der Waals surface area contributed by atoms with Crippen molar-refractivity contribution < 1.29 is 39.0 Å². The van der Waals surface area contributed by atoms with E-state index in [-0.39, 0.29) is 24.7 Å². The molecule has 0 aromatic heterocycles. The number of carboxylic acid groups (broad SMARTS) is 2. The van der Waals surface area contributed by atoms with Crippen LogP contribution >= 0.6 is 0 Å². The van der Waals surface area contributed by atoms with E-state index >= 15 is 0 Å². The van der Waals surface area contributed by atoms with Crippen molar-refractivity contribution in [3.63, 3.8) is 0 Å². The summed E-state index contributed by atoms with van der Waals surface area (Å²) in [4.78, 5) is 71.5. The van der Waals surface area contributed by atoms with Gasteiger partial charge in [-0.3, -0.25) is 24.0 Å². The van der Waals surface area contributed by atoms with Crippen molar-refractivity contribution in [2.24, 2.45) is 23.3 Å². The van der Waals surface area contributed by atoms with Gasteiger partial charge in [0.2, 0.25) is 23.6 Å². The Balaban J connectivity index is 5.63. The van der Waals surface area contributed by atoms with Crippen LogP contribution in [-0.4, -0.2) is 69.9 Å². The summed E-state index contributed by atoms with van der Waals surface area (Å²) >= 11 is 0. The fourth-order valence-electron chi connectivity index (χ4n) is 2.97. The zero-order valence-electron chi connectivity index (χ0n) is 20.0. The molecule has 0 heterocycles. The lowest BCUT2D eigenvalue weighted by Crippen LogP contribution is -2.58. The zero-order chi connectivity index (χ0) is 26.6. The second-order valence-corrected chi connectivity index (χ2v) is 8.67. The Labute approximate surface area is 198 Å². The minimum Gasteiger partial charge on any atom is -0.481 e. The number of carbonyl (C=O) groups excluding carboxylic acids is 4. The van der Waals surface area contributed by atoms with Crippen molar-refractivity contribution >= 4 is 35.6 Å². The van der Waals surface area contributed by atoms with Crippen LogP contribution in [0.25, 0.3) is 0 Å². The Bertz CT molecular complexity index is 757. The number of carbonyl (C=O) groups is 6. The van der Waals surface area contributed by atoms with Crippen LogP contribution in [-0.2, 0) is 28.8 Å². The van der Waals surface area contributed by atoms with Crippen LogP contribution in [0.3, 0.4) is 0 Å². The summed E-state index contributed by atoms with van der Waals surface area (Å²) in [6.45, 7) is 7.29. The van der Waals surface area contributed by atoms with Gasteiger partial charge in [-0.15, -0.1) is 0 Å². The van der Waals surface area contributed by atoms with Crippen LogP contribution in [0.15, 0.2) is 0 Å². The molecule has 13 nitrogen and oxygen atoms in total. The molecule has 5 atom stereocenters. The molecule has 0 rings (SSSR count). The Morgan fingerprint density at radius 2 is 1.32 bits per heavy atom. The van der Waals surface area contributed by atoms with E-state index in [0.717, 1.165) is 0 Å². The molecular formula is C21H37N5O8. The minimum absolute atomic E-state index is 0.0332. The van der Waals surface area contributed by atoms with Gasteiger partial charge in [0.15, 0.2) is 0 Å². The summed E-state index contributed by atoms with van der Waals surface area (Å²) in [6.07, 6.45) is -0.711. The summed E-state index contributed by atoms with van der Waals surface area (Å²) in [5, 5.41) is 25.2. The van der Waals surface area contributed by atoms with E-state index in [9.17, 15) is 33.9 Å². The topological polar surface area (TPSA) is 231 Å². The third-order valence-electron chi connectivity index (χ3n) is 5.20. The summed E-state index contributed by atoms with van der Waals surface area (Å²) in [7, 11) is 0. The minimum atomic E-state index is -1.66. The smallest absolute Gasteiger partial charge is 0.326 e. The molecule has 0 aromatic rings. The lowest BCUT2D eigenvalue weighted by molar-refractivity contribution is -0.144. The van der Waals surface area contributed by atoms with Crippen LogP contribution in [0, 0.1) is 11.8 Å². The average Bonchev–Trinajstić information content (AvgIpc) is 2.73. The Morgan fingerprint density at radius 1 is 0.824 bits per heavy atom. The average molecular weight is 488 g/mol. The van der Waals surface area contributed by atoms with E-state index in [2.05, 4.69) is 16.0 Å². The summed E-state index contributed by atoms with van der Waals surface area (Å²) in [5.41, 5.74) is 10.9. The maximum atomic E-state index is 12.9. The number of nitrogens with one attached hydrogen (secondary N) is 3. The van der Waals surface area contributed by atoms with Crippen LogP contribution in [0.4, 0.5) is 0 Å². The number of nitrogens with two attached hydrogens (primary N) is 2. The molecule has 4 amide bonds. The van der Waals surface area contributed by atoms with E-state index in [0.29, 0.717) is 6.42 Å². The lowest BCUT2D eigenvalue weighted by atomic mass is 9.97. The van der Waals surface area contributed by atoms with Crippen LogP contribution in [0.2, 0.25) is 0 Å². The largest absolute Gasteiger partial charge is 0.481 e.